The molecule has 108 valence electrons. The van der Waals surface area contributed by atoms with Gasteiger partial charge in [0, 0.05) is 0 Å². The van der Waals surface area contributed by atoms with Gasteiger partial charge in [-0.05, 0) is 24.6 Å². The first-order chi connectivity index (χ1) is 9.53. The minimum absolute atomic E-state index is 0.211. The largest absolute Gasteiger partial charge is 0.495 e. The number of carbonyl (C=O) groups excluding carboxylic acids is 1. The average Bonchev–Trinajstić information content (AvgIpc) is 2.45. The van der Waals surface area contributed by atoms with Crippen molar-refractivity contribution in [3.63, 3.8) is 0 Å². The lowest BCUT2D eigenvalue weighted by atomic mass is 10.00. The molecule has 0 saturated carbocycles. The van der Waals surface area contributed by atoms with Crippen LogP contribution in [-0.2, 0) is 9.53 Å². The van der Waals surface area contributed by atoms with Crippen LogP contribution in [0.25, 0.3) is 0 Å². The molecule has 0 bridgehead atoms. The molecule has 1 aromatic carbocycles. The highest BCUT2D eigenvalue weighted by Gasteiger charge is 2.23. The normalized spacial score (nSPS) is 13.2. The van der Waals surface area contributed by atoms with Gasteiger partial charge in [0.1, 0.15) is 17.9 Å². The third-order valence-electron chi connectivity index (χ3n) is 2.73. The molecule has 2 unspecified atom stereocenters. The maximum Gasteiger partial charge on any atom is 0.308 e. The molecule has 6 heteroatoms. The van der Waals surface area contributed by atoms with Gasteiger partial charge >= 0.3 is 5.97 Å². The number of rotatable bonds is 6. The minimum atomic E-state index is -1.30. The molecule has 1 rings (SSSR count). The lowest BCUT2D eigenvalue weighted by Crippen LogP contribution is -2.23. The van der Waals surface area contributed by atoms with Crippen molar-refractivity contribution in [3.05, 3.63) is 29.3 Å². The van der Waals surface area contributed by atoms with Crippen molar-refractivity contribution in [2.45, 2.75) is 25.6 Å². The zero-order valence-corrected chi connectivity index (χ0v) is 11.4. The Morgan fingerprint density at radius 3 is 2.70 bits per heavy atom. The van der Waals surface area contributed by atoms with Crippen LogP contribution in [-0.4, -0.2) is 36.0 Å². The lowest BCUT2D eigenvalue weighted by Gasteiger charge is -2.18. The Morgan fingerprint density at radius 1 is 1.45 bits per heavy atom. The molecule has 0 aliphatic rings. The fraction of sp³-hybridized carbons (Fsp3) is 0.429. The Balaban J connectivity index is 2.84. The summed E-state index contributed by atoms with van der Waals surface area (Å²) in [6.07, 6.45) is -2.89. The number of hydrogen-bond donors (Lipinski definition) is 2. The third kappa shape index (κ3) is 3.95. The topological polar surface area (TPSA) is 99.8 Å². The molecule has 0 aliphatic heterocycles. The summed E-state index contributed by atoms with van der Waals surface area (Å²) in [6, 6.07) is 6.40. The Labute approximate surface area is 117 Å². The van der Waals surface area contributed by atoms with Crippen molar-refractivity contribution in [1.29, 1.82) is 5.26 Å². The van der Waals surface area contributed by atoms with Gasteiger partial charge in [-0.25, -0.2) is 0 Å². The van der Waals surface area contributed by atoms with Crippen LogP contribution in [0.3, 0.4) is 0 Å². The number of nitrogens with zero attached hydrogens (tertiary/aromatic N) is 1. The highest BCUT2D eigenvalue weighted by molar-refractivity contribution is 5.70. The van der Waals surface area contributed by atoms with Crippen LogP contribution in [0, 0.1) is 11.3 Å². The van der Waals surface area contributed by atoms with Crippen LogP contribution in [0.2, 0.25) is 0 Å². The quantitative estimate of drug-likeness (QED) is 0.751. The summed E-state index contributed by atoms with van der Waals surface area (Å²) in [6.45, 7) is 1.87. The third-order valence-corrected chi connectivity index (χ3v) is 2.73. The molecule has 6 nitrogen and oxygen atoms in total. The molecule has 0 saturated heterocycles. The molecule has 2 N–H and O–H groups in total. The molecular weight excluding hydrogens is 262 g/mol. The Kier molecular flexibility index (Phi) is 5.97. The van der Waals surface area contributed by atoms with Gasteiger partial charge in [0.2, 0.25) is 0 Å². The van der Waals surface area contributed by atoms with Gasteiger partial charge < -0.3 is 19.7 Å². The Bertz CT molecular complexity index is 509. The highest BCUT2D eigenvalue weighted by Crippen LogP contribution is 2.25. The van der Waals surface area contributed by atoms with E-state index in [-0.39, 0.29) is 18.6 Å². The summed E-state index contributed by atoms with van der Waals surface area (Å²) in [7, 11) is 1.43. The number of hydrogen-bond acceptors (Lipinski definition) is 6. The van der Waals surface area contributed by atoms with Crippen molar-refractivity contribution in [2.75, 3.05) is 13.7 Å². The van der Waals surface area contributed by atoms with Crippen molar-refractivity contribution in [2.24, 2.45) is 0 Å². The van der Waals surface area contributed by atoms with Gasteiger partial charge in [-0.15, -0.1) is 0 Å². The van der Waals surface area contributed by atoms with E-state index in [0.717, 1.165) is 0 Å². The van der Waals surface area contributed by atoms with Crippen LogP contribution in [0.15, 0.2) is 18.2 Å². The van der Waals surface area contributed by atoms with Crippen LogP contribution in [0.5, 0.6) is 5.75 Å². The number of ether oxygens (including phenoxy) is 2. The fourth-order valence-electron chi connectivity index (χ4n) is 1.72. The first-order valence-electron chi connectivity index (χ1n) is 6.13. The van der Waals surface area contributed by atoms with E-state index in [2.05, 4.69) is 0 Å². The fourth-order valence-corrected chi connectivity index (χ4v) is 1.72. The summed E-state index contributed by atoms with van der Waals surface area (Å²) in [4.78, 5) is 11.2. The van der Waals surface area contributed by atoms with E-state index in [1.165, 1.54) is 25.3 Å². The number of carbonyl (C=O) groups is 1. The predicted octanol–water partition coefficient (Wildman–Crippen LogP) is 0.914. The van der Waals surface area contributed by atoms with Crippen LogP contribution in [0.4, 0.5) is 0 Å². The molecule has 0 spiro atoms. The van der Waals surface area contributed by atoms with Gasteiger partial charge in [-0.2, -0.15) is 5.26 Å². The summed E-state index contributed by atoms with van der Waals surface area (Å²) < 4.78 is 9.68. The summed E-state index contributed by atoms with van der Waals surface area (Å²) >= 11 is 0. The summed E-state index contributed by atoms with van der Waals surface area (Å²) in [5.74, 6) is -0.212. The highest BCUT2D eigenvalue weighted by atomic mass is 16.5. The Hall–Kier alpha value is -2.10. The average molecular weight is 279 g/mol. The van der Waals surface area contributed by atoms with Crippen LogP contribution in [0.1, 0.15) is 30.6 Å². The first-order valence-corrected chi connectivity index (χ1v) is 6.13. The second-order valence-electron chi connectivity index (χ2n) is 4.09. The van der Waals surface area contributed by atoms with Crippen LogP contribution < -0.4 is 4.74 Å². The van der Waals surface area contributed by atoms with E-state index in [0.29, 0.717) is 11.3 Å². The van der Waals surface area contributed by atoms with Gasteiger partial charge in [0.05, 0.1) is 31.8 Å². The number of benzene rings is 1. The molecule has 0 radical (unpaired) electrons. The summed E-state index contributed by atoms with van der Waals surface area (Å²) in [5.41, 5.74) is 0.575. The lowest BCUT2D eigenvalue weighted by molar-refractivity contribution is -0.147. The second kappa shape index (κ2) is 7.48. The minimum Gasteiger partial charge on any atom is -0.495 e. The van der Waals surface area contributed by atoms with Gasteiger partial charge in [0.15, 0.2) is 0 Å². The molecule has 0 heterocycles. The molecular formula is C14H17NO5. The van der Waals surface area contributed by atoms with Gasteiger partial charge in [0.25, 0.3) is 0 Å². The molecule has 0 amide bonds. The van der Waals surface area contributed by atoms with E-state index in [1.807, 2.05) is 6.07 Å². The zero-order chi connectivity index (χ0) is 15.1. The number of esters is 1. The molecule has 2 atom stereocenters. The van der Waals surface area contributed by atoms with E-state index < -0.39 is 18.2 Å². The molecule has 1 aromatic rings. The van der Waals surface area contributed by atoms with E-state index in [1.54, 1.807) is 6.92 Å². The molecule has 0 aromatic heterocycles. The van der Waals surface area contributed by atoms with Crippen LogP contribution >= 0.6 is 0 Å². The van der Waals surface area contributed by atoms with Gasteiger partial charge in [-0.3, -0.25) is 4.79 Å². The first kappa shape index (κ1) is 16.0. The molecule has 20 heavy (non-hydrogen) atoms. The molecule has 0 fully saturated rings. The van der Waals surface area contributed by atoms with Crippen molar-refractivity contribution < 1.29 is 24.5 Å². The number of aliphatic hydroxyl groups excluding tert-OH is 2. The maximum atomic E-state index is 11.2. The predicted molar refractivity (Wildman–Crippen MR) is 69.9 cm³/mol. The zero-order valence-electron chi connectivity index (χ0n) is 11.4. The van der Waals surface area contributed by atoms with E-state index in [9.17, 15) is 15.0 Å². The van der Waals surface area contributed by atoms with Gasteiger partial charge in [-0.1, -0.05) is 6.07 Å². The van der Waals surface area contributed by atoms with Crippen molar-refractivity contribution in [1.82, 2.24) is 0 Å². The van der Waals surface area contributed by atoms with Crippen molar-refractivity contribution in [3.8, 4) is 11.8 Å². The molecule has 0 aliphatic carbocycles. The number of aliphatic hydroxyl groups is 2. The van der Waals surface area contributed by atoms with Crippen molar-refractivity contribution >= 4 is 5.97 Å². The maximum absolute atomic E-state index is 11.2. The monoisotopic (exact) mass is 279 g/mol. The number of nitriles is 1. The summed E-state index contributed by atoms with van der Waals surface area (Å²) in [5, 5.41) is 28.7. The van der Waals surface area contributed by atoms with E-state index >= 15 is 0 Å². The SMILES string of the molecule is CCOC(=O)CC(O)C(O)c1ccc(OC)c(C#N)c1. The number of methoxy groups -OCH3 is 1. The van der Waals surface area contributed by atoms with E-state index in [4.69, 9.17) is 14.7 Å². The second-order valence-corrected chi connectivity index (χ2v) is 4.09. The Morgan fingerprint density at radius 2 is 2.15 bits per heavy atom. The smallest absolute Gasteiger partial charge is 0.308 e. The standard InChI is InChI=1S/C14H17NO5/c1-3-20-13(17)7-11(16)14(18)9-4-5-12(19-2)10(6-9)8-15/h4-6,11,14,16,18H,3,7H2,1-2H3.